The maximum absolute atomic E-state index is 13.4. The molecule has 0 fully saturated rings. The molecule has 0 unspecified atom stereocenters. The van der Waals surface area contributed by atoms with Gasteiger partial charge in [0, 0.05) is 35.2 Å². The van der Waals surface area contributed by atoms with Crippen molar-refractivity contribution in [1.82, 2.24) is 9.88 Å². The van der Waals surface area contributed by atoms with Gasteiger partial charge in [-0.15, -0.1) is 0 Å². The third-order valence-corrected chi connectivity index (χ3v) is 5.64. The van der Waals surface area contributed by atoms with Crippen molar-refractivity contribution >= 4 is 10.9 Å². The molecular weight excluding hydrogens is 430 g/mol. The minimum atomic E-state index is -4.89. The van der Waals surface area contributed by atoms with Gasteiger partial charge >= 0.3 is 12.4 Å². The molecule has 0 aliphatic heterocycles. The van der Waals surface area contributed by atoms with E-state index in [9.17, 15) is 26.3 Å². The lowest BCUT2D eigenvalue weighted by molar-refractivity contribution is -0.143. The second-order valence-corrected chi connectivity index (χ2v) is 8.49. The predicted molar refractivity (Wildman–Crippen MR) is 114 cm³/mol. The van der Waals surface area contributed by atoms with Crippen molar-refractivity contribution in [3.8, 4) is 11.3 Å². The highest BCUT2D eigenvalue weighted by molar-refractivity contribution is 5.91. The number of nitrogens with one attached hydrogen (secondary N) is 1. The van der Waals surface area contributed by atoms with Gasteiger partial charge in [0.05, 0.1) is 11.1 Å². The van der Waals surface area contributed by atoms with E-state index >= 15 is 0 Å². The third-order valence-electron chi connectivity index (χ3n) is 5.64. The van der Waals surface area contributed by atoms with Crippen LogP contribution < -0.4 is 0 Å². The zero-order chi connectivity index (χ0) is 23.8. The number of H-pyrrole nitrogens is 1. The van der Waals surface area contributed by atoms with Gasteiger partial charge in [0.15, 0.2) is 0 Å². The lowest BCUT2D eigenvalue weighted by Crippen LogP contribution is -2.38. The van der Waals surface area contributed by atoms with Gasteiger partial charge in [0.25, 0.3) is 0 Å². The molecule has 174 valence electrons. The van der Waals surface area contributed by atoms with Crippen LogP contribution in [0.1, 0.15) is 44.4 Å². The number of benzene rings is 2. The fourth-order valence-corrected chi connectivity index (χ4v) is 4.16. The van der Waals surface area contributed by atoms with Gasteiger partial charge < -0.3 is 4.98 Å². The molecule has 0 amide bonds. The number of fused-ring (bicyclic) bond motifs is 1. The van der Waals surface area contributed by atoms with Crippen LogP contribution in [-0.4, -0.2) is 28.5 Å². The summed E-state index contributed by atoms with van der Waals surface area (Å²) in [6, 6.07) is 9.39. The minimum absolute atomic E-state index is 0.126. The number of aromatic nitrogens is 1. The van der Waals surface area contributed by atoms with Crippen LogP contribution in [0.3, 0.4) is 0 Å². The first kappa shape index (κ1) is 24.2. The summed E-state index contributed by atoms with van der Waals surface area (Å²) >= 11 is 0. The van der Waals surface area contributed by atoms with Gasteiger partial charge in [0.1, 0.15) is 0 Å². The smallest absolute Gasteiger partial charge is 0.354 e. The highest BCUT2D eigenvalue weighted by Crippen LogP contribution is 2.40. The van der Waals surface area contributed by atoms with Crippen LogP contribution in [0.5, 0.6) is 0 Å². The van der Waals surface area contributed by atoms with Crippen molar-refractivity contribution in [3.05, 3.63) is 59.2 Å². The quantitative estimate of drug-likeness (QED) is 0.380. The molecule has 1 heterocycles. The first-order valence-corrected chi connectivity index (χ1v) is 10.4. The van der Waals surface area contributed by atoms with Crippen molar-refractivity contribution in [2.24, 2.45) is 0 Å². The number of aromatic amines is 1. The Morgan fingerprint density at radius 2 is 1.34 bits per heavy atom. The molecule has 8 heteroatoms. The van der Waals surface area contributed by atoms with Gasteiger partial charge in [-0.25, -0.2) is 0 Å². The summed E-state index contributed by atoms with van der Waals surface area (Å²) < 4.78 is 80.4. The lowest BCUT2D eigenvalue weighted by Gasteiger charge is -2.30. The number of nitrogens with zero attached hydrogens (tertiary/aromatic N) is 1. The van der Waals surface area contributed by atoms with Gasteiger partial charge in [-0.2, -0.15) is 26.3 Å². The maximum atomic E-state index is 13.4. The van der Waals surface area contributed by atoms with E-state index in [0.29, 0.717) is 24.0 Å². The normalized spacial score (nSPS) is 13.2. The second-order valence-electron chi connectivity index (χ2n) is 8.49. The van der Waals surface area contributed by atoms with Gasteiger partial charge in [0.2, 0.25) is 0 Å². The maximum Gasteiger partial charge on any atom is 0.416 e. The van der Waals surface area contributed by atoms with Crippen molar-refractivity contribution < 1.29 is 26.3 Å². The zero-order valence-electron chi connectivity index (χ0n) is 18.3. The molecule has 0 aliphatic carbocycles. The van der Waals surface area contributed by atoms with Crippen LogP contribution in [0.25, 0.3) is 22.2 Å². The van der Waals surface area contributed by atoms with E-state index in [1.54, 1.807) is 18.2 Å². The van der Waals surface area contributed by atoms with Crippen molar-refractivity contribution in [1.29, 1.82) is 0 Å². The molecule has 0 aliphatic rings. The van der Waals surface area contributed by atoms with E-state index in [0.717, 1.165) is 17.5 Å². The van der Waals surface area contributed by atoms with Crippen LogP contribution in [0.4, 0.5) is 26.3 Å². The second kappa shape index (κ2) is 8.81. The molecule has 0 radical (unpaired) electrons. The topological polar surface area (TPSA) is 19.0 Å². The van der Waals surface area contributed by atoms with Gasteiger partial charge in [-0.1, -0.05) is 18.2 Å². The lowest BCUT2D eigenvalue weighted by atomic mass is 9.98. The summed E-state index contributed by atoms with van der Waals surface area (Å²) in [5, 5.41) is 0.793. The first-order chi connectivity index (χ1) is 14.8. The molecular formula is C24H26F6N2. The molecule has 32 heavy (non-hydrogen) atoms. The summed E-state index contributed by atoms with van der Waals surface area (Å²) in [4.78, 5) is 5.30. The fraction of sp³-hybridized carbons (Fsp3) is 0.417. The summed E-state index contributed by atoms with van der Waals surface area (Å²) in [5.74, 6) is 0. The summed E-state index contributed by atoms with van der Waals surface area (Å²) in [5.41, 5.74) is -1.10. The molecule has 3 aromatic rings. The molecule has 2 aromatic carbocycles. The van der Waals surface area contributed by atoms with E-state index in [1.165, 1.54) is 0 Å². The van der Waals surface area contributed by atoms with E-state index < -0.39 is 23.5 Å². The van der Waals surface area contributed by atoms with Crippen molar-refractivity contribution in [2.75, 3.05) is 6.54 Å². The Balaban J connectivity index is 2.18. The number of hydrogen-bond acceptors (Lipinski definition) is 1. The number of halogens is 6. The molecule has 0 bridgehead atoms. The van der Waals surface area contributed by atoms with Gasteiger partial charge in [-0.05, 0) is 69.5 Å². The highest BCUT2D eigenvalue weighted by atomic mass is 19.4. The molecule has 0 spiro atoms. The predicted octanol–water partition coefficient (Wildman–Crippen LogP) is 7.53. The van der Waals surface area contributed by atoms with Crippen LogP contribution in [0.15, 0.2) is 42.5 Å². The van der Waals surface area contributed by atoms with E-state index in [-0.39, 0.29) is 29.4 Å². The number of alkyl halides is 6. The van der Waals surface area contributed by atoms with Crippen LogP contribution >= 0.6 is 0 Å². The Morgan fingerprint density at radius 1 is 0.812 bits per heavy atom. The average Bonchev–Trinajstić information content (AvgIpc) is 3.05. The monoisotopic (exact) mass is 456 g/mol. The van der Waals surface area contributed by atoms with E-state index in [4.69, 9.17) is 0 Å². The summed E-state index contributed by atoms with van der Waals surface area (Å²) in [6.45, 7) is 8.84. The Labute approximate surface area is 183 Å². The molecule has 0 atom stereocenters. The standard InChI is InChI=1S/C24H26F6N2/c1-14(2)32(15(3)4)10-9-20-19-7-5-6-8-21(19)31-22(20)16-11-17(23(25,26)27)13-18(12-16)24(28,29)30/h5-8,11-15,31H,9-10H2,1-4H3. The van der Waals surface area contributed by atoms with E-state index in [1.807, 2.05) is 6.07 Å². The summed E-state index contributed by atoms with van der Waals surface area (Å²) in [7, 11) is 0. The molecule has 1 N–H and O–H groups in total. The van der Waals surface area contributed by atoms with E-state index in [2.05, 4.69) is 37.6 Å². The molecule has 1 aromatic heterocycles. The van der Waals surface area contributed by atoms with Crippen molar-refractivity contribution in [3.63, 3.8) is 0 Å². The van der Waals surface area contributed by atoms with Crippen molar-refractivity contribution in [2.45, 2.75) is 58.6 Å². The highest BCUT2D eigenvalue weighted by Gasteiger charge is 2.37. The van der Waals surface area contributed by atoms with Crippen LogP contribution in [-0.2, 0) is 18.8 Å². The number of rotatable bonds is 6. The minimum Gasteiger partial charge on any atom is -0.354 e. The third kappa shape index (κ3) is 5.11. The molecule has 2 nitrogen and oxygen atoms in total. The van der Waals surface area contributed by atoms with Gasteiger partial charge in [-0.3, -0.25) is 4.90 Å². The molecule has 0 saturated heterocycles. The largest absolute Gasteiger partial charge is 0.416 e. The Hall–Kier alpha value is -2.48. The Kier molecular flexibility index (Phi) is 6.65. The average molecular weight is 456 g/mol. The first-order valence-electron chi connectivity index (χ1n) is 10.4. The number of hydrogen-bond donors (Lipinski definition) is 1. The van der Waals surface area contributed by atoms with Crippen LogP contribution in [0.2, 0.25) is 0 Å². The molecule has 3 rings (SSSR count). The SMILES string of the molecule is CC(C)N(CCc1c(-c2cc(C(F)(F)F)cc(C(F)(F)F)c2)[nH]c2ccccc12)C(C)C. The molecule has 0 saturated carbocycles. The van der Waals surface area contributed by atoms with Crippen LogP contribution in [0, 0.1) is 0 Å². The zero-order valence-corrected chi connectivity index (χ0v) is 18.3. The Bertz CT molecular complexity index is 1040. The number of para-hydroxylation sites is 1. The summed E-state index contributed by atoms with van der Waals surface area (Å²) in [6.07, 6.45) is -9.31. The fourth-order valence-electron chi connectivity index (χ4n) is 4.16. The Morgan fingerprint density at radius 3 is 1.84 bits per heavy atom.